The van der Waals surface area contributed by atoms with Crippen molar-refractivity contribution in [2.45, 2.75) is 6.92 Å². The number of anilines is 3. The van der Waals surface area contributed by atoms with Crippen LogP contribution >= 0.6 is 0 Å². The minimum absolute atomic E-state index is 0.0947. The first-order chi connectivity index (χ1) is 14.0. The molecular formula is C20H21FN6O2. The van der Waals surface area contributed by atoms with Gasteiger partial charge in [-0.15, -0.1) is 0 Å². The fraction of sp³-hybridized carbons (Fsp3) is 0.200. The lowest BCUT2D eigenvalue weighted by Crippen LogP contribution is -2.29. The maximum Gasteiger partial charge on any atom is 0.251 e. The number of carbonyl (C=O) groups is 1. The van der Waals surface area contributed by atoms with Gasteiger partial charge in [-0.1, -0.05) is 0 Å². The van der Waals surface area contributed by atoms with Crippen LogP contribution < -0.4 is 20.7 Å². The van der Waals surface area contributed by atoms with Crippen LogP contribution in [0.1, 0.15) is 15.9 Å². The molecule has 0 unspecified atom stereocenters. The highest BCUT2D eigenvalue weighted by molar-refractivity contribution is 5.94. The van der Waals surface area contributed by atoms with Gasteiger partial charge in [0.25, 0.3) is 5.91 Å². The van der Waals surface area contributed by atoms with Gasteiger partial charge >= 0.3 is 0 Å². The molecule has 0 bridgehead atoms. The number of aryl methyl sites for hydroxylation is 1. The Labute approximate surface area is 167 Å². The van der Waals surface area contributed by atoms with Crippen molar-refractivity contribution in [1.82, 2.24) is 20.3 Å². The Balaban J connectivity index is 1.49. The maximum atomic E-state index is 13.7. The van der Waals surface area contributed by atoms with Crippen molar-refractivity contribution in [2.24, 2.45) is 0 Å². The quantitative estimate of drug-likeness (QED) is 0.503. The van der Waals surface area contributed by atoms with Crippen LogP contribution in [-0.4, -0.2) is 41.1 Å². The summed E-state index contributed by atoms with van der Waals surface area (Å²) in [7, 11) is 1.37. The van der Waals surface area contributed by atoms with E-state index < -0.39 is 5.82 Å². The third-order valence-corrected chi connectivity index (χ3v) is 3.97. The molecule has 1 amide bonds. The average molecular weight is 396 g/mol. The zero-order chi connectivity index (χ0) is 20.6. The highest BCUT2D eigenvalue weighted by atomic mass is 19.1. The smallest absolute Gasteiger partial charge is 0.251 e. The lowest BCUT2D eigenvalue weighted by molar-refractivity contribution is 0.0954. The Morgan fingerprint density at radius 3 is 2.59 bits per heavy atom. The SMILES string of the molecule is COc1ccc(C(=O)NCCNc2cc(Nc3cc(C)ccn3)ncn2)cc1F. The van der Waals surface area contributed by atoms with Crippen LogP contribution in [0.3, 0.4) is 0 Å². The van der Waals surface area contributed by atoms with Gasteiger partial charge in [-0.3, -0.25) is 4.79 Å². The minimum atomic E-state index is -0.581. The summed E-state index contributed by atoms with van der Waals surface area (Å²) in [5.74, 6) is 1.02. The monoisotopic (exact) mass is 396 g/mol. The molecule has 8 nitrogen and oxygen atoms in total. The molecule has 0 spiro atoms. The molecule has 0 saturated carbocycles. The number of ether oxygens (including phenoxy) is 1. The topological polar surface area (TPSA) is 101 Å². The van der Waals surface area contributed by atoms with Gasteiger partial charge in [-0.2, -0.15) is 0 Å². The summed E-state index contributed by atoms with van der Waals surface area (Å²) in [6.07, 6.45) is 3.15. The predicted octanol–water partition coefficient (Wildman–Crippen LogP) is 2.91. The van der Waals surface area contributed by atoms with Crippen LogP contribution in [0, 0.1) is 12.7 Å². The van der Waals surface area contributed by atoms with E-state index in [0.29, 0.717) is 30.5 Å². The van der Waals surface area contributed by atoms with Crippen molar-refractivity contribution in [2.75, 3.05) is 30.8 Å². The molecule has 0 saturated heterocycles. The predicted molar refractivity (Wildman–Crippen MR) is 108 cm³/mol. The molecule has 0 aliphatic carbocycles. The van der Waals surface area contributed by atoms with E-state index in [1.807, 2.05) is 19.1 Å². The summed E-state index contributed by atoms with van der Waals surface area (Å²) in [5.41, 5.74) is 1.31. The van der Waals surface area contributed by atoms with Crippen LogP contribution in [0.4, 0.5) is 21.8 Å². The summed E-state index contributed by atoms with van der Waals surface area (Å²) in [6.45, 7) is 2.75. The normalized spacial score (nSPS) is 10.3. The summed E-state index contributed by atoms with van der Waals surface area (Å²) in [6, 6.07) is 9.63. The number of hydrogen-bond donors (Lipinski definition) is 3. The van der Waals surface area contributed by atoms with Crippen molar-refractivity contribution < 1.29 is 13.9 Å². The zero-order valence-electron chi connectivity index (χ0n) is 16.1. The van der Waals surface area contributed by atoms with Gasteiger partial charge in [-0.05, 0) is 42.8 Å². The summed E-state index contributed by atoms with van der Waals surface area (Å²) in [5, 5.41) is 8.93. The van der Waals surface area contributed by atoms with Crippen LogP contribution in [0.25, 0.3) is 0 Å². The van der Waals surface area contributed by atoms with E-state index >= 15 is 0 Å². The van der Waals surface area contributed by atoms with E-state index in [1.165, 1.54) is 25.6 Å². The zero-order valence-corrected chi connectivity index (χ0v) is 16.1. The number of methoxy groups -OCH3 is 1. The van der Waals surface area contributed by atoms with Gasteiger partial charge in [0.15, 0.2) is 11.6 Å². The van der Waals surface area contributed by atoms with E-state index in [-0.39, 0.29) is 17.2 Å². The fourth-order valence-electron chi connectivity index (χ4n) is 2.53. The first kappa shape index (κ1) is 20.0. The molecule has 0 fully saturated rings. The van der Waals surface area contributed by atoms with Crippen molar-refractivity contribution >= 4 is 23.4 Å². The van der Waals surface area contributed by atoms with Crippen LogP contribution in [0.15, 0.2) is 48.9 Å². The van der Waals surface area contributed by atoms with Gasteiger partial charge in [0.1, 0.15) is 23.8 Å². The lowest BCUT2D eigenvalue weighted by Gasteiger charge is -2.10. The Morgan fingerprint density at radius 2 is 1.83 bits per heavy atom. The first-order valence-corrected chi connectivity index (χ1v) is 8.92. The van der Waals surface area contributed by atoms with E-state index in [1.54, 1.807) is 12.3 Å². The number of amides is 1. The van der Waals surface area contributed by atoms with Gasteiger partial charge in [0.2, 0.25) is 0 Å². The van der Waals surface area contributed by atoms with Crippen molar-refractivity contribution in [3.63, 3.8) is 0 Å². The fourth-order valence-corrected chi connectivity index (χ4v) is 2.53. The Kier molecular flexibility index (Phi) is 6.51. The molecule has 3 rings (SSSR count). The third-order valence-electron chi connectivity index (χ3n) is 3.97. The van der Waals surface area contributed by atoms with E-state index in [0.717, 1.165) is 11.6 Å². The number of halogens is 1. The second-order valence-corrected chi connectivity index (χ2v) is 6.16. The lowest BCUT2D eigenvalue weighted by atomic mass is 10.2. The van der Waals surface area contributed by atoms with Crippen LogP contribution in [0.2, 0.25) is 0 Å². The number of pyridine rings is 1. The molecule has 2 aromatic heterocycles. The van der Waals surface area contributed by atoms with Crippen LogP contribution in [-0.2, 0) is 0 Å². The molecule has 2 heterocycles. The molecule has 9 heteroatoms. The molecule has 0 atom stereocenters. The number of hydrogen-bond acceptors (Lipinski definition) is 7. The molecule has 1 aromatic carbocycles. The first-order valence-electron chi connectivity index (χ1n) is 8.92. The summed E-state index contributed by atoms with van der Waals surface area (Å²) in [4.78, 5) is 24.6. The minimum Gasteiger partial charge on any atom is -0.494 e. The Bertz CT molecular complexity index is 998. The molecule has 150 valence electrons. The highest BCUT2D eigenvalue weighted by Gasteiger charge is 2.09. The van der Waals surface area contributed by atoms with E-state index in [4.69, 9.17) is 4.74 Å². The largest absolute Gasteiger partial charge is 0.494 e. The number of nitrogens with one attached hydrogen (secondary N) is 3. The molecule has 29 heavy (non-hydrogen) atoms. The average Bonchev–Trinajstić information content (AvgIpc) is 2.71. The number of nitrogens with zero attached hydrogens (tertiary/aromatic N) is 3. The number of carbonyl (C=O) groups excluding carboxylic acids is 1. The number of aromatic nitrogens is 3. The van der Waals surface area contributed by atoms with Crippen molar-refractivity contribution in [3.05, 3.63) is 65.9 Å². The number of rotatable bonds is 8. The Hall–Kier alpha value is -3.75. The van der Waals surface area contributed by atoms with Crippen LogP contribution in [0.5, 0.6) is 5.75 Å². The van der Waals surface area contributed by atoms with Gasteiger partial charge < -0.3 is 20.7 Å². The summed E-state index contributed by atoms with van der Waals surface area (Å²) >= 11 is 0. The molecule has 3 aromatic rings. The molecule has 0 aliphatic heterocycles. The molecular weight excluding hydrogens is 375 g/mol. The van der Waals surface area contributed by atoms with Gasteiger partial charge in [-0.25, -0.2) is 19.3 Å². The number of benzene rings is 1. The summed E-state index contributed by atoms with van der Waals surface area (Å²) < 4.78 is 18.5. The van der Waals surface area contributed by atoms with Gasteiger partial charge in [0, 0.05) is 30.9 Å². The second kappa shape index (κ2) is 9.45. The van der Waals surface area contributed by atoms with Gasteiger partial charge in [0.05, 0.1) is 7.11 Å². The van der Waals surface area contributed by atoms with Crippen molar-refractivity contribution in [3.8, 4) is 5.75 Å². The van der Waals surface area contributed by atoms with E-state index in [9.17, 15) is 9.18 Å². The maximum absolute atomic E-state index is 13.7. The highest BCUT2D eigenvalue weighted by Crippen LogP contribution is 2.17. The standard InChI is InChI=1S/C20H21FN6O2/c1-13-5-6-22-18(9-13)27-19-11-17(25-12-26-19)23-7-8-24-20(28)14-3-4-16(29-2)15(21)10-14/h3-6,9-12H,7-8H2,1-2H3,(H,24,28)(H2,22,23,25,26,27). The third kappa shape index (κ3) is 5.61. The van der Waals surface area contributed by atoms with E-state index in [2.05, 4.69) is 30.9 Å². The molecule has 0 radical (unpaired) electrons. The molecule has 0 aliphatic rings. The van der Waals surface area contributed by atoms with Crippen molar-refractivity contribution in [1.29, 1.82) is 0 Å². The Morgan fingerprint density at radius 1 is 1.03 bits per heavy atom. The second-order valence-electron chi connectivity index (χ2n) is 6.16. The molecule has 3 N–H and O–H groups in total.